The van der Waals surface area contributed by atoms with Crippen LogP contribution in [0.25, 0.3) is 0 Å². The van der Waals surface area contributed by atoms with Crippen molar-refractivity contribution >= 4 is 11.7 Å². The van der Waals surface area contributed by atoms with Gasteiger partial charge in [0.1, 0.15) is 11.6 Å². The normalized spacial score (nSPS) is 17.4. The van der Waals surface area contributed by atoms with Crippen LogP contribution in [0, 0.1) is 11.6 Å². The molecule has 0 bridgehead atoms. The smallest absolute Gasteiger partial charge is 0.331 e. The Morgan fingerprint density at radius 1 is 1.10 bits per heavy atom. The van der Waals surface area contributed by atoms with Crippen LogP contribution < -0.4 is 4.90 Å². The quantitative estimate of drug-likeness (QED) is 0.923. The van der Waals surface area contributed by atoms with E-state index >= 15 is 0 Å². The highest BCUT2D eigenvalue weighted by molar-refractivity contribution is 5.81. The minimum atomic E-state index is -1.01. The summed E-state index contributed by atoms with van der Waals surface area (Å²) in [5.41, 5.74) is 1.93. The monoisotopic (exact) mass is 289 g/mol. The molecule has 108 valence electrons. The number of nitrogens with zero attached hydrogens (tertiary/aromatic N) is 1. The van der Waals surface area contributed by atoms with E-state index in [1.54, 1.807) is 17.0 Å². The number of carboxylic acid groups (broad SMARTS) is 1. The molecule has 2 aromatic carbocycles. The van der Waals surface area contributed by atoms with Crippen molar-refractivity contribution in [2.75, 3.05) is 11.4 Å². The first-order valence-corrected chi connectivity index (χ1v) is 6.59. The molecule has 21 heavy (non-hydrogen) atoms. The Hall–Kier alpha value is -2.43. The second-order valence-electron chi connectivity index (χ2n) is 5.00. The van der Waals surface area contributed by atoms with Gasteiger partial charge in [0.25, 0.3) is 0 Å². The summed E-state index contributed by atoms with van der Waals surface area (Å²) >= 11 is 0. The molecule has 0 amide bonds. The van der Waals surface area contributed by atoms with Gasteiger partial charge in [-0.1, -0.05) is 6.07 Å². The van der Waals surface area contributed by atoms with Crippen LogP contribution in [0.5, 0.6) is 0 Å². The lowest BCUT2D eigenvalue weighted by molar-refractivity contribution is -0.138. The standard InChI is InChI=1S/C16H13F2NO2/c17-11-1-4-13(5-2-11)19-8-7-10-9-12(18)3-6-14(10)15(19)16(20)21/h1-6,9,15H,7-8H2,(H,20,21)/t15-/m1/s1. The summed E-state index contributed by atoms with van der Waals surface area (Å²) in [7, 11) is 0. The highest BCUT2D eigenvalue weighted by Crippen LogP contribution is 2.34. The fourth-order valence-electron chi connectivity index (χ4n) is 2.77. The summed E-state index contributed by atoms with van der Waals surface area (Å²) in [5.74, 6) is -1.75. The Morgan fingerprint density at radius 3 is 2.43 bits per heavy atom. The molecule has 3 nitrogen and oxygen atoms in total. The SMILES string of the molecule is O=C(O)[C@H]1c2ccc(F)cc2CCN1c1ccc(F)cc1. The van der Waals surface area contributed by atoms with Crippen LogP contribution in [0.1, 0.15) is 17.2 Å². The molecule has 5 heteroatoms. The minimum absolute atomic E-state index is 0.367. The van der Waals surface area contributed by atoms with E-state index in [2.05, 4.69) is 0 Å². The summed E-state index contributed by atoms with van der Waals surface area (Å²) in [6.45, 7) is 0.444. The first-order chi connectivity index (χ1) is 10.1. The van der Waals surface area contributed by atoms with E-state index in [9.17, 15) is 18.7 Å². The zero-order valence-electron chi connectivity index (χ0n) is 11.1. The van der Waals surface area contributed by atoms with Crippen molar-refractivity contribution in [3.05, 3.63) is 65.2 Å². The van der Waals surface area contributed by atoms with Gasteiger partial charge in [-0.2, -0.15) is 0 Å². The molecule has 1 aliphatic rings. The van der Waals surface area contributed by atoms with Crippen molar-refractivity contribution in [1.82, 2.24) is 0 Å². The van der Waals surface area contributed by atoms with Gasteiger partial charge in [0.2, 0.25) is 0 Å². The molecule has 0 aliphatic carbocycles. The Balaban J connectivity index is 2.05. The third-order valence-electron chi connectivity index (χ3n) is 3.73. The lowest BCUT2D eigenvalue weighted by Crippen LogP contribution is -2.39. The topological polar surface area (TPSA) is 40.5 Å². The number of aliphatic carboxylic acids is 1. The first kappa shape index (κ1) is 13.5. The van der Waals surface area contributed by atoms with Gasteiger partial charge in [-0.3, -0.25) is 0 Å². The molecule has 0 spiro atoms. The molecule has 0 unspecified atom stereocenters. The number of hydrogen-bond acceptors (Lipinski definition) is 2. The molecule has 0 aromatic heterocycles. The van der Waals surface area contributed by atoms with Crippen LogP contribution in [0.3, 0.4) is 0 Å². The maximum Gasteiger partial charge on any atom is 0.331 e. The molecule has 0 saturated heterocycles. The van der Waals surface area contributed by atoms with Crippen molar-refractivity contribution in [2.24, 2.45) is 0 Å². The van der Waals surface area contributed by atoms with Gasteiger partial charge >= 0.3 is 5.97 Å². The summed E-state index contributed by atoms with van der Waals surface area (Å²) in [5, 5.41) is 9.53. The van der Waals surface area contributed by atoms with Gasteiger partial charge in [0, 0.05) is 12.2 Å². The van der Waals surface area contributed by atoms with Crippen LogP contribution in [-0.2, 0) is 11.2 Å². The Morgan fingerprint density at radius 2 is 1.76 bits per heavy atom. The van der Waals surface area contributed by atoms with Gasteiger partial charge in [-0.25, -0.2) is 13.6 Å². The van der Waals surface area contributed by atoms with E-state index in [1.807, 2.05) is 0 Å². The van der Waals surface area contributed by atoms with E-state index in [0.29, 0.717) is 29.8 Å². The van der Waals surface area contributed by atoms with Crippen LogP contribution in [0.2, 0.25) is 0 Å². The number of halogens is 2. The van der Waals surface area contributed by atoms with E-state index < -0.39 is 12.0 Å². The highest BCUT2D eigenvalue weighted by atomic mass is 19.1. The van der Waals surface area contributed by atoms with E-state index in [4.69, 9.17) is 0 Å². The molecule has 2 aromatic rings. The predicted octanol–water partition coefficient (Wildman–Crippen LogP) is 3.15. The predicted molar refractivity (Wildman–Crippen MR) is 74.2 cm³/mol. The van der Waals surface area contributed by atoms with Crippen LogP contribution >= 0.6 is 0 Å². The third kappa shape index (κ3) is 2.46. The van der Waals surface area contributed by atoms with E-state index in [-0.39, 0.29) is 11.6 Å². The van der Waals surface area contributed by atoms with Crippen LogP contribution in [0.15, 0.2) is 42.5 Å². The Kier molecular flexibility index (Phi) is 3.33. The number of rotatable bonds is 2. The number of carboxylic acids is 1. The number of fused-ring (bicyclic) bond motifs is 1. The second-order valence-corrected chi connectivity index (χ2v) is 5.00. The minimum Gasteiger partial charge on any atom is -0.479 e. The molecule has 1 heterocycles. The molecule has 1 N–H and O–H groups in total. The largest absolute Gasteiger partial charge is 0.479 e. The molecule has 0 saturated carbocycles. The van der Waals surface area contributed by atoms with Crippen LogP contribution in [-0.4, -0.2) is 17.6 Å². The van der Waals surface area contributed by atoms with E-state index in [1.165, 1.54) is 30.3 Å². The van der Waals surface area contributed by atoms with Gasteiger partial charge in [0.05, 0.1) is 0 Å². The Bertz CT molecular complexity index is 685. The summed E-state index contributed by atoms with van der Waals surface area (Å²) in [4.78, 5) is 13.3. The van der Waals surface area contributed by atoms with Gasteiger partial charge in [-0.05, 0) is 53.9 Å². The number of anilines is 1. The maximum absolute atomic E-state index is 13.3. The summed E-state index contributed by atoms with van der Waals surface area (Å²) < 4.78 is 26.3. The van der Waals surface area contributed by atoms with Gasteiger partial charge < -0.3 is 10.0 Å². The van der Waals surface area contributed by atoms with Crippen molar-refractivity contribution in [1.29, 1.82) is 0 Å². The summed E-state index contributed by atoms with van der Waals surface area (Å²) in [6.07, 6.45) is 0.550. The molecule has 3 rings (SSSR count). The zero-order chi connectivity index (χ0) is 15.0. The van der Waals surface area contributed by atoms with Gasteiger partial charge in [0.15, 0.2) is 6.04 Å². The zero-order valence-corrected chi connectivity index (χ0v) is 11.1. The summed E-state index contributed by atoms with van der Waals surface area (Å²) in [6, 6.07) is 8.98. The van der Waals surface area contributed by atoms with Crippen molar-refractivity contribution in [2.45, 2.75) is 12.5 Å². The van der Waals surface area contributed by atoms with Crippen molar-refractivity contribution in [3.8, 4) is 0 Å². The van der Waals surface area contributed by atoms with Crippen molar-refractivity contribution in [3.63, 3.8) is 0 Å². The molecule has 0 radical (unpaired) electrons. The molecule has 1 aliphatic heterocycles. The third-order valence-corrected chi connectivity index (χ3v) is 3.73. The fourth-order valence-corrected chi connectivity index (χ4v) is 2.77. The van der Waals surface area contributed by atoms with Crippen molar-refractivity contribution < 1.29 is 18.7 Å². The second kappa shape index (κ2) is 5.16. The average molecular weight is 289 g/mol. The molecular weight excluding hydrogens is 276 g/mol. The number of hydrogen-bond donors (Lipinski definition) is 1. The molecular formula is C16H13F2NO2. The number of carbonyl (C=O) groups is 1. The van der Waals surface area contributed by atoms with Gasteiger partial charge in [-0.15, -0.1) is 0 Å². The molecule has 1 atom stereocenters. The first-order valence-electron chi connectivity index (χ1n) is 6.59. The maximum atomic E-state index is 13.3. The highest BCUT2D eigenvalue weighted by Gasteiger charge is 2.33. The van der Waals surface area contributed by atoms with Crippen LogP contribution in [0.4, 0.5) is 14.5 Å². The Labute approximate surface area is 120 Å². The average Bonchev–Trinajstić information content (AvgIpc) is 2.46. The lowest BCUT2D eigenvalue weighted by Gasteiger charge is -2.36. The molecule has 0 fully saturated rings. The van der Waals surface area contributed by atoms with E-state index in [0.717, 1.165) is 0 Å². The number of benzene rings is 2. The lowest BCUT2D eigenvalue weighted by atomic mass is 9.92. The fraction of sp³-hybridized carbons (Fsp3) is 0.188.